The van der Waals surface area contributed by atoms with E-state index < -0.39 is 23.4 Å². The minimum Gasteiger partial charge on any atom is -0.478 e. The number of anilines is 1. The average molecular weight is 295 g/mol. The van der Waals surface area contributed by atoms with Gasteiger partial charge in [0.25, 0.3) is 0 Å². The molecule has 0 fully saturated rings. The fourth-order valence-electron chi connectivity index (χ4n) is 1.61. The first-order valence-corrected chi connectivity index (χ1v) is 6.11. The van der Waals surface area contributed by atoms with Crippen LogP contribution in [0.3, 0.4) is 0 Å². The molecule has 0 saturated heterocycles. The Hall–Kier alpha value is -2.41. The maximum absolute atomic E-state index is 11.9. The minimum atomic E-state index is -1.27. The molecule has 0 saturated carbocycles. The number of carboxylic acids is 2. The lowest BCUT2D eigenvalue weighted by molar-refractivity contribution is -0.121. The molecule has 1 aromatic rings. The van der Waals surface area contributed by atoms with Gasteiger partial charge in [0.05, 0.1) is 23.1 Å². The Labute approximate surface area is 121 Å². The predicted molar refractivity (Wildman–Crippen MR) is 74.7 cm³/mol. The number of methoxy groups -OCH3 is 1. The molecule has 0 aliphatic carbocycles. The number of carbonyl (C=O) groups is 3. The predicted octanol–water partition coefficient (Wildman–Crippen LogP) is 1.84. The molecule has 7 nitrogen and oxygen atoms in total. The van der Waals surface area contributed by atoms with E-state index in [1.165, 1.54) is 19.2 Å². The topological polar surface area (TPSA) is 113 Å². The van der Waals surface area contributed by atoms with E-state index in [1.54, 1.807) is 13.8 Å². The van der Waals surface area contributed by atoms with Crippen molar-refractivity contribution in [2.45, 2.75) is 25.9 Å². The van der Waals surface area contributed by atoms with Gasteiger partial charge in [0.2, 0.25) is 5.91 Å². The zero-order chi connectivity index (χ0) is 16.2. The lowest BCUT2D eigenvalue weighted by Gasteiger charge is -2.22. The number of nitrogens with one attached hydrogen (secondary N) is 1. The molecule has 1 amide bonds. The summed E-state index contributed by atoms with van der Waals surface area (Å²) in [5.41, 5.74) is -0.985. The van der Waals surface area contributed by atoms with E-state index in [4.69, 9.17) is 14.9 Å². The van der Waals surface area contributed by atoms with Crippen LogP contribution in [0.4, 0.5) is 5.69 Å². The van der Waals surface area contributed by atoms with Crippen LogP contribution in [-0.4, -0.2) is 40.8 Å². The third-order valence-electron chi connectivity index (χ3n) is 2.85. The summed E-state index contributed by atoms with van der Waals surface area (Å²) >= 11 is 0. The maximum Gasteiger partial charge on any atom is 0.335 e. The molecule has 3 N–H and O–H groups in total. The van der Waals surface area contributed by atoms with Crippen molar-refractivity contribution in [1.29, 1.82) is 0 Å². The highest BCUT2D eigenvalue weighted by molar-refractivity contribution is 5.98. The van der Waals surface area contributed by atoms with Gasteiger partial charge in [0, 0.05) is 12.8 Å². The number of benzene rings is 1. The van der Waals surface area contributed by atoms with E-state index in [9.17, 15) is 14.4 Å². The van der Waals surface area contributed by atoms with Crippen LogP contribution < -0.4 is 5.32 Å². The molecule has 1 rings (SSSR count). The molecule has 0 bridgehead atoms. The lowest BCUT2D eigenvalue weighted by atomic mass is 10.0. The zero-order valence-electron chi connectivity index (χ0n) is 12.0. The van der Waals surface area contributed by atoms with Gasteiger partial charge in [-0.2, -0.15) is 0 Å². The van der Waals surface area contributed by atoms with Crippen LogP contribution in [-0.2, 0) is 9.53 Å². The van der Waals surface area contributed by atoms with Crippen molar-refractivity contribution in [3.8, 4) is 0 Å². The summed E-state index contributed by atoms with van der Waals surface area (Å²) in [4.78, 5) is 33.8. The smallest absolute Gasteiger partial charge is 0.335 e. The Morgan fingerprint density at radius 1 is 1.10 bits per heavy atom. The zero-order valence-corrected chi connectivity index (χ0v) is 12.0. The molecule has 1 aromatic carbocycles. The van der Waals surface area contributed by atoms with Gasteiger partial charge in [0.1, 0.15) is 0 Å². The molecule has 0 radical (unpaired) electrons. The monoisotopic (exact) mass is 295 g/mol. The number of hydrogen-bond acceptors (Lipinski definition) is 4. The second-order valence-corrected chi connectivity index (χ2v) is 5.10. The highest BCUT2D eigenvalue weighted by atomic mass is 16.5. The first kappa shape index (κ1) is 16.6. The van der Waals surface area contributed by atoms with Gasteiger partial charge in [-0.25, -0.2) is 9.59 Å². The van der Waals surface area contributed by atoms with Crippen LogP contribution in [0, 0.1) is 0 Å². The molecule has 21 heavy (non-hydrogen) atoms. The largest absolute Gasteiger partial charge is 0.478 e. The Morgan fingerprint density at radius 3 is 1.95 bits per heavy atom. The number of rotatable bonds is 6. The van der Waals surface area contributed by atoms with Gasteiger partial charge in [-0.05, 0) is 32.0 Å². The number of carbonyl (C=O) groups excluding carboxylic acids is 1. The summed E-state index contributed by atoms with van der Waals surface area (Å²) in [5, 5.41) is 20.4. The van der Waals surface area contributed by atoms with Gasteiger partial charge in [-0.3, -0.25) is 4.79 Å². The summed E-state index contributed by atoms with van der Waals surface area (Å²) in [7, 11) is 1.47. The molecule has 114 valence electrons. The number of hydrogen-bond donors (Lipinski definition) is 3. The average Bonchev–Trinajstić information content (AvgIpc) is 2.37. The summed E-state index contributed by atoms with van der Waals surface area (Å²) in [6.45, 7) is 3.45. The quantitative estimate of drug-likeness (QED) is 0.738. The number of ether oxygens (including phenoxy) is 1. The van der Waals surface area contributed by atoms with E-state index >= 15 is 0 Å². The first-order chi connectivity index (χ1) is 9.64. The number of carboxylic acid groups (broad SMARTS) is 2. The van der Waals surface area contributed by atoms with Gasteiger partial charge in [-0.1, -0.05) is 0 Å². The summed E-state index contributed by atoms with van der Waals surface area (Å²) in [6, 6.07) is 3.43. The molecule has 7 heteroatoms. The van der Waals surface area contributed by atoms with Crippen molar-refractivity contribution in [2.75, 3.05) is 12.4 Å². The molecule has 0 aromatic heterocycles. The Balaban J connectivity index is 3.00. The van der Waals surface area contributed by atoms with E-state index in [0.717, 1.165) is 6.07 Å². The van der Waals surface area contributed by atoms with Crippen LogP contribution in [0.1, 0.15) is 41.0 Å². The normalized spacial score (nSPS) is 11.0. The van der Waals surface area contributed by atoms with E-state index in [0.29, 0.717) is 0 Å². The third-order valence-corrected chi connectivity index (χ3v) is 2.85. The molecule has 0 aliphatic heterocycles. The van der Waals surface area contributed by atoms with Crippen LogP contribution in [0.15, 0.2) is 18.2 Å². The Bertz CT molecular complexity index is 547. The number of amides is 1. The van der Waals surface area contributed by atoms with Crippen LogP contribution >= 0.6 is 0 Å². The molecular weight excluding hydrogens is 278 g/mol. The standard InChI is InChI=1S/C14H17NO6/c1-14(2,21-3)7-11(16)15-10-5-8(12(17)18)4-9(6-10)13(19)20/h4-6H,7H2,1-3H3,(H,15,16)(H,17,18)(H,19,20). The maximum atomic E-state index is 11.9. The number of aromatic carboxylic acids is 2. The van der Waals surface area contributed by atoms with E-state index in [2.05, 4.69) is 5.32 Å². The molecule has 0 heterocycles. The highest BCUT2D eigenvalue weighted by Gasteiger charge is 2.21. The molecular formula is C14H17NO6. The summed E-state index contributed by atoms with van der Waals surface area (Å²) in [5.74, 6) is -2.95. The van der Waals surface area contributed by atoms with E-state index in [1.807, 2.05) is 0 Å². The minimum absolute atomic E-state index is 0.0448. The van der Waals surface area contributed by atoms with Crippen molar-refractivity contribution in [2.24, 2.45) is 0 Å². The van der Waals surface area contributed by atoms with Crippen molar-refractivity contribution < 1.29 is 29.3 Å². The van der Waals surface area contributed by atoms with Gasteiger partial charge in [0.15, 0.2) is 0 Å². The second kappa shape index (κ2) is 6.36. The molecule has 0 spiro atoms. The Morgan fingerprint density at radius 2 is 1.57 bits per heavy atom. The molecule has 0 aliphatic rings. The van der Waals surface area contributed by atoms with E-state index in [-0.39, 0.29) is 23.2 Å². The third kappa shape index (κ3) is 4.88. The fraction of sp³-hybridized carbons (Fsp3) is 0.357. The molecule has 0 unspecified atom stereocenters. The SMILES string of the molecule is COC(C)(C)CC(=O)Nc1cc(C(=O)O)cc(C(=O)O)c1. The van der Waals surface area contributed by atoms with Gasteiger partial charge >= 0.3 is 11.9 Å². The van der Waals surface area contributed by atoms with Crippen molar-refractivity contribution in [3.63, 3.8) is 0 Å². The summed E-state index contributed by atoms with van der Waals surface area (Å²) in [6.07, 6.45) is 0.0448. The van der Waals surface area contributed by atoms with Crippen molar-refractivity contribution in [3.05, 3.63) is 29.3 Å². The highest BCUT2D eigenvalue weighted by Crippen LogP contribution is 2.18. The first-order valence-electron chi connectivity index (χ1n) is 6.11. The Kier molecular flexibility index (Phi) is 5.04. The second-order valence-electron chi connectivity index (χ2n) is 5.10. The van der Waals surface area contributed by atoms with Gasteiger partial charge < -0.3 is 20.3 Å². The van der Waals surface area contributed by atoms with Crippen molar-refractivity contribution >= 4 is 23.5 Å². The van der Waals surface area contributed by atoms with Crippen LogP contribution in [0.25, 0.3) is 0 Å². The molecule has 0 atom stereocenters. The lowest BCUT2D eigenvalue weighted by Crippen LogP contribution is -2.29. The van der Waals surface area contributed by atoms with Crippen molar-refractivity contribution in [1.82, 2.24) is 0 Å². The van der Waals surface area contributed by atoms with Crippen LogP contribution in [0.2, 0.25) is 0 Å². The summed E-state index contributed by atoms with van der Waals surface area (Å²) < 4.78 is 5.12. The fourth-order valence-corrected chi connectivity index (χ4v) is 1.61. The van der Waals surface area contributed by atoms with Crippen LogP contribution in [0.5, 0.6) is 0 Å². The van der Waals surface area contributed by atoms with Gasteiger partial charge in [-0.15, -0.1) is 0 Å².